The number of nitrogens with two attached hydrogens (primary N) is 1. The SMILES string of the molecule is CCC1(CC)CCN(c2cccc(OC(C)C)c2N)C1. The number of hydrogen-bond acceptors (Lipinski definition) is 3. The quantitative estimate of drug-likeness (QED) is 0.824. The number of ether oxygens (including phenoxy) is 1. The minimum Gasteiger partial charge on any atom is -0.489 e. The zero-order valence-electron chi connectivity index (χ0n) is 13.3. The molecular formula is C17H28N2O. The summed E-state index contributed by atoms with van der Waals surface area (Å²) in [6.45, 7) is 10.9. The Labute approximate surface area is 123 Å². The van der Waals surface area contributed by atoms with E-state index in [1.54, 1.807) is 0 Å². The van der Waals surface area contributed by atoms with Gasteiger partial charge in [0.25, 0.3) is 0 Å². The van der Waals surface area contributed by atoms with E-state index in [1.807, 2.05) is 26.0 Å². The molecule has 0 bridgehead atoms. The van der Waals surface area contributed by atoms with Gasteiger partial charge in [0.1, 0.15) is 5.75 Å². The van der Waals surface area contributed by atoms with E-state index in [4.69, 9.17) is 10.5 Å². The Morgan fingerprint density at radius 2 is 2.00 bits per heavy atom. The van der Waals surface area contributed by atoms with Crippen LogP contribution in [0.5, 0.6) is 5.75 Å². The molecule has 1 aliphatic rings. The molecule has 0 aliphatic carbocycles. The smallest absolute Gasteiger partial charge is 0.144 e. The fourth-order valence-corrected chi connectivity index (χ4v) is 3.13. The van der Waals surface area contributed by atoms with Crippen LogP contribution in [0, 0.1) is 5.41 Å². The molecule has 1 aliphatic heterocycles. The van der Waals surface area contributed by atoms with Crippen LogP contribution in [0.1, 0.15) is 47.0 Å². The van der Waals surface area contributed by atoms with Gasteiger partial charge in [0.2, 0.25) is 0 Å². The molecule has 2 N–H and O–H groups in total. The lowest BCUT2D eigenvalue weighted by molar-refractivity contribution is 0.244. The number of rotatable bonds is 5. The van der Waals surface area contributed by atoms with Gasteiger partial charge in [-0.3, -0.25) is 0 Å². The molecule has 0 aromatic heterocycles. The third-order valence-corrected chi connectivity index (χ3v) is 4.68. The summed E-state index contributed by atoms with van der Waals surface area (Å²) >= 11 is 0. The van der Waals surface area contributed by atoms with Gasteiger partial charge < -0.3 is 15.4 Å². The van der Waals surface area contributed by atoms with Gasteiger partial charge in [-0.05, 0) is 50.7 Å². The molecule has 1 heterocycles. The Balaban J connectivity index is 2.22. The number of benzene rings is 1. The lowest BCUT2D eigenvalue weighted by Crippen LogP contribution is -2.26. The number of nitrogen functional groups attached to an aromatic ring is 1. The van der Waals surface area contributed by atoms with Crippen molar-refractivity contribution in [2.45, 2.75) is 53.1 Å². The van der Waals surface area contributed by atoms with Crippen molar-refractivity contribution >= 4 is 11.4 Å². The van der Waals surface area contributed by atoms with Gasteiger partial charge in [-0.15, -0.1) is 0 Å². The molecule has 20 heavy (non-hydrogen) atoms. The first-order chi connectivity index (χ1) is 9.51. The normalized spacial score (nSPS) is 17.8. The van der Waals surface area contributed by atoms with Crippen molar-refractivity contribution in [2.75, 3.05) is 23.7 Å². The fourth-order valence-electron chi connectivity index (χ4n) is 3.13. The van der Waals surface area contributed by atoms with Crippen molar-refractivity contribution in [2.24, 2.45) is 5.41 Å². The second-order valence-electron chi connectivity index (χ2n) is 6.23. The lowest BCUT2D eigenvalue weighted by atomic mass is 9.82. The highest BCUT2D eigenvalue weighted by atomic mass is 16.5. The molecule has 3 nitrogen and oxygen atoms in total. The second-order valence-corrected chi connectivity index (χ2v) is 6.23. The highest BCUT2D eigenvalue weighted by molar-refractivity contribution is 5.74. The van der Waals surface area contributed by atoms with Crippen molar-refractivity contribution < 1.29 is 4.74 Å². The van der Waals surface area contributed by atoms with Gasteiger partial charge in [-0.1, -0.05) is 19.9 Å². The Hall–Kier alpha value is -1.38. The molecule has 0 amide bonds. The number of nitrogens with zero attached hydrogens (tertiary/aromatic N) is 1. The van der Waals surface area contributed by atoms with Gasteiger partial charge >= 0.3 is 0 Å². The van der Waals surface area contributed by atoms with Gasteiger partial charge in [-0.2, -0.15) is 0 Å². The van der Waals surface area contributed by atoms with Gasteiger partial charge in [0.15, 0.2) is 0 Å². The fraction of sp³-hybridized carbons (Fsp3) is 0.647. The molecule has 1 aromatic carbocycles. The maximum absolute atomic E-state index is 6.32. The van der Waals surface area contributed by atoms with E-state index in [2.05, 4.69) is 24.8 Å². The summed E-state index contributed by atoms with van der Waals surface area (Å²) in [6, 6.07) is 6.12. The predicted molar refractivity (Wildman–Crippen MR) is 86.5 cm³/mol. The standard InChI is InChI=1S/C17H28N2O/c1-5-17(6-2)10-11-19(12-17)14-8-7-9-15(16(14)18)20-13(3)4/h7-9,13H,5-6,10-12,18H2,1-4H3. The summed E-state index contributed by atoms with van der Waals surface area (Å²) in [6.07, 6.45) is 3.88. The molecule has 3 heteroatoms. The first-order valence-electron chi connectivity index (χ1n) is 7.81. The van der Waals surface area contributed by atoms with Crippen LogP contribution in [0.3, 0.4) is 0 Å². The predicted octanol–water partition coefficient (Wildman–Crippen LogP) is 4.07. The summed E-state index contributed by atoms with van der Waals surface area (Å²) < 4.78 is 5.80. The summed E-state index contributed by atoms with van der Waals surface area (Å²) in [5.41, 5.74) is 8.69. The highest BCUT2D eigenvalue weighted by Gasteiger charge is 2.35. The molecule has 0 atom stereocenters. The molecule has 112 valence electrons. The van der Waals surface area contributed by atoms with Gasteiger partial charge in [0, 0.05) is 13.1 Å². The van der Waals surface area contributed by atoms with Crippen molar-refractivity contribution in [3.63, 3.8) is 0 Å². The first-order valence-corrected chi connectivity index (χ1v) is 7.81. The third-order valence-electron chi connectivity index (χ3n) is 4.68. The number of para-hydroxylation sites is 1. The molecule has 0 spiro atoms. The molecule has 0 saturated carbocycles. The van der Waals surface area contributed by atoms with Crippen molar-refractivity contribution in [3.8, 4) is 5.75 Å². The van der Waals surface area contributed by atoms with E-state index in [1.165, 1.54) is 19.3 Å². The van der Waals surface area contributed by atoms with E-state index in [0.717, 1.165) is 30.2 Å². The average Bonchev–Trinajstić information content (AvgIpc) is 2.86. The average molecular weight is 276 g/mol. The molecule has 2 rings (SSSR count). The molecule has 0 radical (unpaired) electrons. The first kappa shape index (κ1) is 15.0. The van der Waals surface area contributed by atoms with Crippen LogP contribution in [0.2, 0.25) is 0 Å². The van der Waals surface area contributed by atoms with Crippen molar-refractivity contribution in [3.05, 3.63) is 18.2 Å². The Morgan fingerprint density at radius 3 is 2.55 bits per heavy atom. The van der Waals surface area contributed by atoms with Crippen LogP contribution in [-0.4, -0.2) is 19.2 Å². The Morgan fingerprint density at radius 1 is 1.30 bits per heavy atom. The summed E-state index contributed by atoms with van der Waals surface area (Å²) in [5.74, 6) is 0.808. The lowest BCUT2D eigenvalue weighted by Gasteiger charge is -2.28. The minimum absolute atomic E-state index is 0.150. The number of hydrogen-bond donors (Lipinski definition) is 1. The van der Waals surface area contributed by atoms with E-state index in [0.29, 0.717) is 5.41 Å². The maximum Gasteiger partial charge on any atom is 0.144 e. The Bertz CT molecular complexity index is 452. The summed E-state index contributed by atoms with van der Waals surface area (Å²) in [5, 5.41) is 0. The summed E-state index contributed by atoms with van der Waals surface area (Å²) in [4.78, 5) is 2.43. The Kier molecular flexibility index (Phi) is 4.46. The summed E-state index contributed by atoms with van der Waals surface area (Å²) in [7, 11) is 0. The second kappa shape index (κ2) is 5.94. The third kappa shape index (κ3) is 2.87. The van der Waals surface area contributed by atoms with E-state index in [9.17, 15) is 0 Å². The number of anilines is 2. The monoisotopic (exact) mass is 276 g/mol. The van der Waals surface area contributed by atoms with Crippen molar-refractivity contribution in [1.82, 2.24) is 0 Å². The van der Waals surface area contributed by atoms with Crippen LogP contribution >= 0.6 is 0 Å². The molecule has 1 aromatic rings. The van der Waals surface area contributed by atoms with Gasteiger partial charge in [-0.25, -0.2) is 0 Å². The molecular weight excluding hydrogens is 248 g/mol. The van der Waals surface area contributed by atoms with Crippen LogP contribution in [0.4, 0.5) is 11.4 Å². The van der Waals surface area contributed by atoms with E-state index < -0.39 is 0 Å². The van der Waals surface area contributed by atoms with Crippen LogP contribution in [-0.2, 0) is 0 Å². The largest absolute Gasteiger partial charge is 0.489 e. The molecule has 1 fully saturated rings. The van der Waals surface area contributed by atoms with Gasteiger partial charge in [0.05, 0.1) is 17.5 Å². The zero-order chi connectivity index (χ0) is 14.8. The van der Waals surface area contributed by atoms with Crippen LogP contribution in [0.15, 0.2) is 18.2 Å². The molecule has 0 unspecified atom stereocenters. The van der Waals surface area contributed by atoms with E-state index >= 15 is 0 Å². The highest BCUT2D eigenvalue weighted by Crippen LogP contribution is 2.42. The van der Waals surface area contributed by atoms with E-state index in [-0.39, 0.29) is 6.10 Å². The van der Waals surface area contributed by atoms with Crippen molar-refractivity contribution in [1.29, 1.82) is 0 Å². The zero-order valence-corrected chi connectivity index (χ0v) is 13.3. The van der Waals surface area contributed by atoms with Crippen LogP contribution < -0.4 is 15.4 Å². The van der Waals surface area contributed by atoms with Crippen LogP contribution in [0.25, 0.3) is 0 Å². The topological polar surface area (TPSA) is 38.5 Å². The maximum atomic E-state index is 6.32. The minimum atomic E-state index is 0.150. The molecule has 1 saturated heterocycles.